The molecule has 98 valence electrons. The van der Waals surface area contributed by atoms with Gasteiger partial charge in [0.05, 0.1) is 13.0 Å². The van der Waals surface area contributed by atoms with Gasteiger partial charge < -0.3 is 9.64 Å². The van der Waals surface area contributed by atoms with E-state index in [2.05, 4.69) is 4.90 Å². The summed E-state index contributed by atoms with van der Waals surface area (Å²) >= 11 is 0. The molecule has 1 unspecified atom stereocenters. The van der Waals surface area contributed by atoms with Gasteiger partial charge in [-0.05, 0) is 13.8 Å². The van der Waals surface area contributed by atoms with E-state index in [9.17, 15) is 9.59 Å². The molecule has 0 N–H and O–H groups in total. The largest absolute Gasteiger partial charge is 0.466 e. The Morgan fingerprint density at radius 1 is 1.24 bits per heavy atom. The molecular weight excluding hydrogens is 220 g/mol. The Morgan fingerprint density at radius 3 is 2.29 bits per heavy atom. The number of carbonyl (C=O) groups excluding carboxylic acids is 2. The Bertz CT molecular complexity index is 273. The third-order valence-electron chi connectivity index (χ3n) is 3.15. The summed E-state index contributed by atoms with van der Waals surface area (Å²) in [5.41, 5.74) is 0. The molecule has 0 aromatic heterocycles. The second-order valence-electron chi connectivity index (χ2n) is 4.40. The van der Waals surface area contributed by atoms with Crippen molar-refractivity contribution in [2.24, 2.45) is 0 Å². The monoisotopic (exact) mass is 242 g/mol. The van der Waals surface area contributed by atoms with Gasteiger partial charge in [-0.1, -0.05) is 0 Å². The number of hydrogen-bond acceptors (Lipinski definition) is 4. The van der Waals surface area contributed by atoms with Crippen LogP contribution in [0.2, 0.25) is 0 Å². The fraction of sp³-hybridized carbons (Fsp3) is 0.833. The lowest BCUT2D eigenvalue weighted by Gasteiger charge is -2.37. The zero-order valence-electron chi connectivity index (χ0n) is 10.9. The first-order chi connectivity index (χ1) is 8.04. The summed E-state index contributed by atoms with van der Waals surface area (Å²) in [7, 11) is 0. The summed E-state index contributed by atoms with van der Waals surface area (Å²) in [5.74, 6) is -0.0170. The van der Waals surface area contributed by atoms with Gasteiger partial charge in [-0.15, -0.1) is 0 Å². The minimum atomic E-state index is -0.144. The molecule has 0 aromatic rings. The van der Waals surface area contributed by atoms with Crippen LogP contribution >= 0.6 is 0 Å². The zero-order chi connectivity index (χ0) is 12.8. The molecule has 1 saturated heterocycles. The number of amides is 1. The van der Waals surface area contributed by atoms with Crippen LogP contribution in [-0.4, -0.2) is 60.5 Å². The second-order valence-corrected chi connectivity index (χ2v) is 4.40. The van der Waals surface area contributed by atoms with Crippen LogP contribution in [0.1, 0.15) is 27.2 Å². The molecule has 1 atom stereocenters. The highest BCUT2D eigenvalue weighted by Crippen LogP contribution is 2.09. The van der Waals surface area contributed by atoms with E-state index in [1.807, 2.05) is 18.7 Å². The third kappa shape index (κ3) is 4.34. The van der Waals surface area contributed by atoms with Gasteiger partial charge in [-0.3, -0.25) is 14.5 Å². The van der Waals surface area contributed by atoms with Gasteiger partial charge in [-0.2, -0.15) is 0 Å². The molecule has 17 heavy (non-hydrogen) atoms. The van der Waals surface area contributed by atoms with Crippen LogP contribution in [0.25, 0.3) is 0 Å². The maximum atomic E-state index is 11.4. The topological polar surface area (TPSA) is 49.9 Å². The molecule has 0 aromatic carbocycles. The first kappa shape index (κ1) is 14.0. The highest BCUT2D eigenvalue weighted by atomic mass is 16.5. The summed E-state index contributed by atoms with van der Waals surface area (Å²) < 4.78 is 4.93. The Morgan fingerprint density at radius 2 is 1.82 bits per heavy atom. The summed E-state index contributed by atoms with van der Waals surface area (Å²) in [5, 5.41) is 0. The predicted molar refractivity (Wildman–Crippen MR) is 64.5 cm³/mol. The van der Waals surface area contributed by atoms with Crippen molar-refractivity contribution in [1.82, 2.24) is 9.80 Å². The number of nitrogens with zero attached hydrogens (tertiary/aromatic N) is 2. The van der Waals surface area contributed by atoms with E-state index in [0.717, 1.165) is 26.2 Å². The number of ether oxygens (including phenoxy) is 1. The van der Waals surface area contributed by atoms with Crippen LogP contribution in [0.3, 0.4) is 0 Å². The molecule has 1 heterocycles. The minimum absolute atomic E-state index is 0.127. The van der Waals surface area contributed by atoms with Crippen molar-refractivity contribution in [3.05, 3.63) is 0 Å². The first-order valence-corrected chi connectivity index (χ1v) is 6.19. The molecule has 0 spiro atoms. The van der Waals surface area contributed by atoms with Crippen molar-refractivity contribution >= 4 is 11.9 Å². The molecule has 1 rings (SSSR count). The van der Waals surface area contributed by atoms with Crippen molar-refractivity contribution in [3.63, 3.8) is 0 Å². The average Bonchev–Trinajstić information content (AvgIpc) is 2.29. The van der Waals surface area contributed by atoms with E-state index in [1.165, 1.54) is 0 Å². The normalized spacial score (nSPS) is 18.9. The van der Waals surface area contributed by atoms with E-state index in [0.29, 0.717) is 13.0 Å². The van der Waals surface area contributed by atoms with Gasteiger partial charge in [0.15, 0.2) is 0 Å². The molecule has 0 bridgehead atoms. The van der Waals surface area contributed by atoms with Gasteiger partial charge in [0.2, 0.25) is 5.91 Å². The first-order valence-electron chi connectivity index (χ1n) is 6.19. The van der Waals surface area contributed by atoms with Crippen LogP contribution in [0.4, 0.5) is 0 Å². The molecule has 1 amide bonds. The number of piperazine rings is 1. The van der Waals surface area contributed by atoms with Crippen LogP contribution in [-0.2, 0) is 14.3 Å². The van der Waals surface area contributed by atoms with E-state index >= 15 is 0 Å². The maximum absolute atomic E-state index is 11.4. The highest BCUT2D eigenvalue weighted by Gasteiger charge is 2.23. The molecule has 1 aliphatic rings. The summed E-state index contributed by atoms with van der Waals surface area (Å²) in [4.78, 5) is 26.6. The van der Waals surface area contributed by atoms with Crippen molar-refractivity contribution in [2.45, 2.75) is 33.2 Å². The number of rotatable bonds is 4. The van der Waals surface area contributed by atoms with Crippen LogP contribution < -0.4 is 0 Å². The standard InChI is InChI=1S/C12H22N2O3/c1-4-17-12(16)9-10(2)13-5-7-14(8-6-13)11(3)15/h10H,4-9H2,1-3H3. The van der Waals surface area contributed by atoms with Crippen molar-refractivity contribution < 1.29 is 14.3 Å². The average molecular weight is 242 g/mol. The van der Waals surface area contributed by atoms with Gasteiger partial charge in [0.1, 0.15) is 0 Å². The fourth-order valence-electron chi connectivity index (χ4n) is 2.07. The Kier molecular flexibility index (Phi) is 5.41. The smallest absolute Gasteiger partial charge is 0.307 e. The predicted octanol–water partition coefficient (Wildman–Crippen LogP) is 0.492. The molecule has 5 nitrogen and oxygen atoms in total. The van der Waals surface area contributed by atoms with E-state index < -0.39 is 0 Å². The molecule has 1 aliphatic heterocycles. The van der Waals surface area contributed by atoms with Crippen LogP contribution in [0.15, 0.2) is 0 Å². The van der Waals surface area contributed by atoms with Gasteiger partial charge >= 0.3 is 5.97 Å². The molecule has 0 radical (unpaired) electrons. The van der Waals surface area contributed by atoms with E-state index in [1.54, 1.807) is 6.92 Å². The van der Waals surface area contributed by atoms with Crippen molar-refractivity contribution in [1.29, 1.82) is 0 Å². The Hall–Kier alpha value is -1.10. The molecule has 0 saturated carbocycles. The van der Waals surface area contributed by atoms with Crippen LogP contribution in [0, 0.1) is 0 Å². The van der Waals surface area contributed by atoms with E-state index in [-0.39, 0.29) is 17.9 Å². The molecular formula is C12H22N2O3. The van der Waals surface area contributed by atoms with Crippen molar-refractivity contribution in [3.8, 4) is 0 Å². The Labute approximate surface area is 103 Å². The second kappa shape index (κ2) is 6.59. The quantitative estimate of drug-likeness (QED) is 0.673. The fourth-order valence-corrected chi connectivity index (χ4v) is 2.07. The summed E-state index contributed by atoms with van der Waals surface area (Å²) in [6.45, 7) is 9.04. The highest BCUT2D eigenvalue weighted by molar-refractivity contribution is 5.73. The molecule has 5 heteroatoms. The lowest BCUT2D eigenvalue weighted by Crippen LogP contribution is -2.51. The van der Waals surface area contributed by atoms with Crippen LogP contribution in [0.5, 0.6) is 0 Å². The van der Waals surface area contributed by atoms with Gasteiger partial charge in [-0.25, -0.2) is 0 Å². The maximum Gasteiger partial charge on any atom is 0.307 e. The third-order valence-corrected chi connectivity index (χ3v) is 3.15. The Balaban J connectivity index is 2.33. The lowest BCUT2D eigenvalue weighted by atomic mass is 10.1. The van der Waals surface area contributed by atoms with Crippen molar-refractivity contribution in [2.75, 3.05) is 32.8 Å². The van der Waals surface area contributed by atoms with Gasteiger partial charge in [0.25, 0.3) is 0 Å². The number of carbonyl (C=O) groups is 2. The zero-order valence-corrected chi connectivity index (χ0v) is 10.9. The van der Waals surface area contributed by atoms with E-state index in [4.69, 9.17) is 4.74 Å². The number of esters is 1. The SMILES string of the molecule is CCOC(=O)CC(C)N1CCN(C(C)=O)CC1. The molecule has 0 aliphatic carbocycles. The summed E-state index contributed by atoms with van der Waals surface area (Å²) in [6.07, 6.45) is 0.425. The number of hydrogen-bond donors (Lipinski definition) is 0. The van der Waals surface area contributed by atoms with Gasteiger partial charge in [0, 0.05) is 39.1 Å². The lowest BCUT2D eigenvalue weighted by molar-refractivity contribution is -0.145. The molecule has 1 fully saturated rings. The minimum Gasteiger partial charge on any atom is -0.466 e. The summed E-state index contributed by atoms with van der Waals surface area (Å²) in [6, 6.07) is 0.183.